The number of pyridine rings is 1. The van der Waals surface area contributed by atoms with E-state index in [1.54, 1.807) is 12.3 Å². The van der Waals surface area contributed by atoms with Gasteiger partial charge in [0.25, 0.3) is 5.91 Å². The zero-order valence-electron chi connectivity index (χ0n) is 15.2. The molecule has 1 aliphatic rings. The molecule has 1 aliphatic heterocycles. The lowest BCUT2D eigenvalue weighted by molar-refractivity contribution is 0.0950. The van der Waals surface area contributed by atoms with Gasteiger partial charge in [0.2, 0.25) is 6.79 Å². The van der Waals surface area contributed by atoms with Gasteiger partial charge < -0.3 is 20.1 Å². The van der Waals surface area contributed by atoms with Crippen LogP contribution in [0.25, 0.3) is 0 Å². The number of anilines is 2. The number of rotatable bonds is 5. The summed E-state index contributed by atoms with van der Waals surface area (Å²) < 4.78 is 10.7. The van der Waals surface area contributed by atoms with Gasteiger partial charge >= 0.3 is 0 Å². The Balaban J connectivity index is 1.43. The second-order valence-electron chi connectivity index (χ2n) is 6.42. The molecule has 2 aromatic carbocycles. The number of carbonyl (C=O) groups is 1. The van der Waals surface area contributed by atoms with Crippen molar-refractivity contribution in [2.45, 2.75) is 13.5 Å². The fraction of sp³-hybridized carbons (Fsp3) is 0.143. The van der Waals surface area contributed by atoms with Crippen LogP contribution in [0.4, 0.5) is 11.4 Å². The molecule has 3 aromatic rings. The first kappa shape index (κ1) is 18.1. The molecule has 0 bridgehead atoms. The van der Waals surface area contributed by atoms with Crippen molar-refractivity contribution in [3.8, 4) is 11.5 Å². The number of ether oxygens (including phenoxy) is 2. The minimum absolute atomic E-state index is 0.211. The first-order valence-corrected chi connectivity index (χ1v) is 9.11. The molecule has 2 heterocycles. The predicted molar refractivity (Wildman–Crippen MR) is 107 cm³/mol. The molecule has 142 valence electrons. The second-order valence-corrected chi connectivity index (χ2v) is 6.85. The van der Waals surface area contributed by atoms with E-state index in [0.717, 1.165) is 22.6 Å². The molecule has 4 rings (SSSR count). The fourth-order valence-electron chi connectivity index (χ4n) is 2.85. The van der Waals surface area contributed by atoms with E-state index in [1.807, 2.05) is 43.3 Å². The molecule has 0 fully saturated rings. The largest absolute Gasteiger partial charge is 0.454 e. The van der Waals surface area contributed by atoms with E-state index in [0.29, 0.717) is 28.6 Å². The number of benzene rings is 2. The summed E-state index contributed by atoms with van der Waals surface area (Å²) in [6.45, 7) is 2.58. The van der Waals surface area contributed by atoms with Crippen molar-refractivity contribution in [1.29, 1.82) is 0 Å². The Kier molecular flexibility index (Phi) is 5.04. The standard InChI is InChI=1S/C21H18ClN3O3/c1-13-2-4-16(22)8-18(13)25-17-7-15(10-23-11-17)21(26)24-9-14-3-5-19-20(6-14)28-12-27-19/h2-8,10-11,25H,9,12H2,1H3,(H,24,26). The smallest absolute Gasteiger partial charge is 0.253 e. The van der Waals surface area contributed by atoms with Crippen LogP contribution in [0.5, 0.6) is 11.5 Å². The molecular weight excluding hydrogens is 378 g/mol. The van der Waals surface area contributed by atoms with Crippen LogP contribution < -0.4 is 20.1 Å². The highest BCUT2D eigenvalue weighted by atomic mass is 35.5. The SMILES string of the molecule is Cc1ccc(Cl)cc1Nc1cncc(C(=O)NCc2ccc3c(c2)OCO3)c1. The van der Waals surface area contributed by atoms with Gasteiger partial charge in [-0.15, -0.1) is 0 Å². The van der Waals surface area contributed by atoms with Gasteiger partial charge in [-0.1, -0.05) is 23.7 Å². The van der Waals surface area contributed by atoms with Gasteiger partial charge in [-0.2, -0.15) is 0 Å². The first-order valence-electron chi connectivity index (χ1n) is 8.73. The molecule has 6 nitrogen and oxygen atoms in total. The zero-order chi connectivity index (χ0) is 19.5. The molecule has 1 amide bonds. The monoisotopic (exact) mass is 395 g/mol. The van der Waals surface area contributed by atoms with E-state index < -0.39 is 0 Å². The molecule has 2 N–H and O–H groups in total. The van der Waals surface area contributed by atoms with Gasteiger partial charge in [0.1, 0.15) is 0 Å². The topological polar surface area (TPSA) is 72.5 Å². The van der Waals surface area contributed by atoms with E-state index in [4.69, 9.17) is 21.1 Å². The molecule has 0 aliphatic carbocycles. The highest BCUT2D eigenvalue weighted by Gasteiger charge is 2.14. The van der Waals surface area contributed by atoms with Gasteiger partial charge in [0, 0.05) is 23.5 Å². The van der Waals surface area contributed by atoms with E-state index >= 15 is 0 Å². The second kappa shape index (κ2) is 7.78. The van der Waals surface area contributed by atoms with Gasteiger partial charge in [0.05, 0.1) is 17.4 Å². The number of aryl methyl sites for hydroxylation is 1. The van der Waals surface area contributed by atoms with E-state index in [2.05, 4.69) is 15.6 Å². The van der Waals surface area contributed by atoms with Crippen molar-refractivity contribution in [1.82, 2.24) is 10.3 Å². The molecule has 7 heteroatoms. The maximum Gasteiger partial charge on any atom is 0.253 e. The number of amides is 1. The van der Waals surface area contributed by atoms with Crippen molar-refractivity contribution in [2.75, 3.05) is 12.1 Å². The summed E-state index contributed by atoms with van der Waals surface area (Å²) in [5, 5.41) is 6.78. The molecule has 0 atom stereocenters. The Morgan fingerprint density at radius 3 is 2.86 bits per heavy atom. The maximum atomic E-state index is 12.5. The predicted octanol–water partition coefficient (Wildman–Crippen LogP) is 4.45. The lowest BCUT2D eigenvalue weighted by Crippen LogP contribution is -2.23. The highest BCUT2D eigenvalue weighted by Crippen LogP contribution is 2.32. The lowest BCUT2D eigenvalue weighted by Gasteiger charge is -2.11. The number of carbonyl (C=O) groups excluding carboxylic acids is 1. The van der Waals surface area contributed by atoms with E-state index in [-0.39, 0.29) is 12.7 Å². The summed E-state index contributed by atoms with van der Waals surface area (Å²) >= 11 is 6.06. The maximum absolute atomic E-state index is 12.5. The Morgan fingerprint density at radius 2 is 1.96 bits per heavy atom. The number of nitrogens with zero attached hydrogens (tertiary/aromatic N) is 1. The number of hydrogen-bond donors (Lipinski definition) is 2. The summed E-state index contributed by atoms with van der Waals surface area (Å²) in [6.07, 6.45) is 3.19. The third kappa shape index (κ3) is 4.02. The van der Waals surface area contributed by atoms with Gasteiger partial charge in [-0.25, -0.2) is 0 Å². The Hall–Kier alpha value is -3.25. The van der Waals surface area contributed by atoms with Gasteiger partial charge in [0.15, 0.2) is 11.5 Å². The average Bonchev–Trinajstić information content (AvgIpc) is 3.17. The Morgan fingerprint density at radius 1 is 1.11 bits per heavy atom. The van der Waals surface area contributed by atoms with Crippen molar-refractivity contribution < 1.29 is 14.3 Å². The highest BCUT2D eigenvalue weighted by molar-refractivity contribution is 6.30. The number of nitrogens with one attached hydrogen (secondary N) is 2. The molecule has 0 saturated carbocycles. The Bertz CT molecular complexity index is 1040. The van der Waals surface area contributed by atoms with Crippen molar-refractivity contribution in [2.24, 2.45) is 0 Å². The third-order valence-electron chi connectivity index (χ3n) is 4.37. The summed E-state index contributed by atoms with van der Waals surface area (Å²) in [5.74, 6) is 1.20. The van der Waals surface area contributed by atoms with Gasteiger partial charge in [-0.05, 0) is 48.4 Å². The van der Waals surface area contributed by atoms with Crippen molar-refractivity contribution >= 4 is 28.9 Å². The fourth-order valence-corrected chi connectivity index (χ4v) is 3.02. The number of aromatic nitrogens is 1. The van der Waals surface area contributed by atoms with Crippen LogP contribution in [-0.2, 0) is 6.54 Å². The van der Waals surface area contributed by atoms with E-state index in [9.17, 15) is 4.79 Å². The Labute approximate surface area is 167 Å². The molecular formula is C21H18ClN3O3. The van der Waals surface area contributed by atoms with Crippen LogP contribution in [0.15, 0.2) is 54.9 Å². The lowest BCUT2D eigenvalue weighted by atomic mass is 10.1. The van der Waals surface area contributed by atoms with Gasteiger partial charge in [-0.3, -0.25) is 9.78 Å². The summed E-state index contributed by atoms with van der Waals surface area (Å²) in [5.41, 5.74) is 4.01. The van der Waals surface area contributed by atoms with Crippen molar-refractivity contribution in [3.05, 3.63) is 76.6 Å². The quantitative estimate of drug-likeness (QED) is 0.668. The number of hydrogen-bond acceptors (Lipinski definition) is 5. The molecule has 0 saturated heterocycles. The zero-order valence-corrected chi connectivity index (χ0v) is 15.9. The average molecular weight is 396 g/mol. The molecule has 1 aromatic heterocycles. The minimum Gasteiger partial charge on any atom is -0.454 e. The molecule has 0 spiro atoms. The summed E-state index contributed by atoms with van der Waals surface area (Å²) in [4.78, 5) is 16.7. The molecule has 0 radical (unpaired) electrons. The van der Waals surface area contributed by atoms with Crippen LogP contribution in [0.2, 0.25) is 5.02 Å². The minimum atomic E-state index is -0.211. The summed E-state index contributed by atoms with van der Waals surface area (Å²) in [7, 11) is 0. The van der Waals surface area contributed by atoms with Crippen molar-refractivity contribution in [3.63, 3.8) is 0 Å². The van der Waals surface area contributed by atoms with E-state index in [1.165, 1.54) is 6.20 Å². The van der Waals surface area contributed by atoms with Crippen LogP contribution >= 0.6 is 11.6 Å². The van der Waals surface area contributed by atoms with Crippen LogP contribution in [0, 0.1) is 6.92 Å². The summed E-state index contributed by atoms with van der Waals surface area (Å²) in [6, 6.07) is 12.9. The normalized spacial score (nSPS) is 11.9. The van der Waals surface area contributed by atoms with Crippen LogP contribution in [0.3, 0.4) is 0 Å². The number of fused-ring (bicyclic) bond motifs is 1. The number of halogens is 1. The van der Waals surface area contributed by atoms with Crippen LogP contribution in [-0.4, -0.2) is 17.7 Å². The van der Waals surface area contributed by atoms with Crippen LogP contribution in [0.1, 0.15) is 21.5 Å². The first-order chi connectivity index (χ1) is 13.6. The third-order valence-corrected chi connectivity index (χ3v) is 4.60. The molecule has 28 heavy (non-hydrogen) atoms. The molecule has 0 unspecified atom stereocenters.